The summed E-state index contributed by atoms with van der Waals surface area (Å²) in [7, 11) is -3.22. The highest BCUT2D eigenvalue weighted by atomic mass is 32.2. The van der Waals surface area contributed by atoms with Crippen LogP contribution < -0.4 is 10.1 Å². The van der Waals surface area contributed by atoms with Gasteiger partial charge in [-0.15, -0.1) is 0 Å². The third-order valence-corrected chi connectivity index (χ3v) is 4.75. The summed E-state index contributed by atoms with van der Waals surface area (Å²) in [5, 5.41) is 12.9. The molecule has 0 spiro atoms. The molecule has 0 heterocycles. The van der Waals surface area contributed by atoms with Gasteiger partial charge in [0.15, 0.2) is 9.84 Å². The van der Waals surface area contributed by atoms with Crippen LogP contribution in [-0.4, -0.2) is 44.6 Å². The Bertz CT molecular complexity index is 583. The van der Waals surface area contributed by atoms with Crippen LogP contribution in [0.4, 0.5) is 0 Å². The van der Waals surface area contributed by atoms with Gasteiger partial charge in [-0.1, -0.05) is 6.07 Å². The molecular weight excluding hydrogens is 290 g/mol. The Balaban J connectivity index is 1.90. The Hall–Kier alpha value is -1.11. The van der Waals surface area contributed by atoms with Gasteiger partial charge in [0.2, 0.25) is 0 Å². The summed E-state index contributed by atoms with van der Waals surface area (Å²) in [4.78, 5) is 0.251. The van der Waals surface area contributed by atoms with Gasteiger partial charge in [0.05, 0.1) is 18.1 Å². The fraction of sp³-hybridized carbons (Fsp3) is 0.600. The normalized spacial score (nSPS) is 18.2. The Kier molecular flexibility index (Phi) is 4.91. The number of benzene rings is 1. The van der Waals surface area contributed by atoms with E-state index < -0.39 is 9.84 Å². The van der Waals surface area contributed by atoms with Gasteiger partial charge >= 0.3 is 0 Å². The quantitative estimate of drug-likeness (QED) is 0.758. The van der Waals surface area contributed by atoms with E-state index >= 15 is 0 Å². The molecule has 0 aromatic heterocycles. The molecule has 2 N–H and O–H groups in total. The van der Waals surface area contributed by atoms with Gasteiger partial charge < -0.3 is 15.2 Å². The van der Waals surface area contributed by atoms with Crippen molar-refractivity contribution >= 4 is 9.84 Å². The van der Waals surface area contributed by atoms with Crippen molar-refractivity contribution in [3.63, 3.8) is 0 Å². The number of sulfone groups is 1. The molecule has 0 amide bonds. The van der Waals surface area contributed by atoms with Gasteiger partial charge in [0.1, 0.15) is 5.75 Å². The Labute approximate surface area is 126 Å². The predicted molar refractivity (Wildman–Crippen MR) is 81.3 cm³/mol. The minimum Gasteiger partial charge on any atom is -0.493 e. The van der Waals surface area contributed by atoms with Crippen molar-refractivity contribution in [3.8, 4) is 5.75 Å². The topological polar surface area (TPSA) is 75.6 Å². The minimum absolute atomic E-state index is 0.0518. The van der Waals surface area contributed by atoms with Crippen LogP contribution in [0.1, 0.15) is 26.2 Å². The highest BCUT2D eigenvalue weighted by Crippen LogP contribution is 2.24. The molecule has 1 aliphatic rings. The van der Waals surface area contributed by atoms with Gasteiger partial charge in [0.25, 0.3) is 0 Å². The Morgan fingerprint density at radius 3 is 2.71 bits per heavy atom. The highest BCUT2D eigenvalue weighted by Gasteiger charge is 2.31. The van der Waals surface area contributed by atoms with Crippen molar-refractivity contribution in [1.29, 1.82) is 0 Å². The number of hydrogen-bond acceptors (Lipinski definition) is 5. The molecule has 0 bridgehead atoms. The van der Waals surface area contributed by atoms with Crippen molar-refractivity contribution in [1.82, 2.24) is 5.32 Å². The van der Waals surface area contributed by atoms with Crippen LogP contribution in [0.2, 0.25) is 0 Å². The maximum absolute atomic E-state index is 11.5. The summed E-state index contributed by atoms with van der Waals surface area (Å²) in [5.41, 5.74) is -0.352. The third-order valence-electron chi connectivity index (χ3n) is 3.64. The van der Waals surface area contributed by atoms with E-state index in [1.165, 1.54) is 12.3 Å². The second-order valence-electron chi connectivity index (χ2n) is 5.98. The van der Waals surface area contributed by atoms with Crippen molar-refractivity contribution in [3.05, 3.63) is 24.3 Å². The fourth-order valence-electron chi connectivity index (χ4n) is 2.11. The Morgan fingerprint density at radius 2 is 2.14 bits per heavy atom. The zero-order chi connectivity index (χ0) is 15.5. The zero-order valence-corrected chi connectivity index (χ0v) is 13.3. The lowest BCUT2D eigenvalue weighted by atomic mass is 9.99. The van der Waals surface area contributed by atoms with Crippen molar-refractivity contribution < 1.29 is 18.3 Å². The lowest BCUT2D eigenvalue weighted by Crippen LogP contribution is -2.48. The number of ether oxygens (including phenoxy) is 1. The van der Waals surface area contributed by atoms with Gasteiger partial charge in [-0.25, -0.2) is 8.42 Å². The molecule has 1 aromatic rings. The van der Waals surface area contributed by atoms with Gasteiger partial charge in [-0.3, -0.25) is 0 Å². The van der Waals surface area contributed by atoms with Crippen LogP contribution in [0.25, 0.3) is 0 Å². The summed E-state index contributed by atoms with van der Waals surface area (Å²) < 4.78 is 28.6. The zero-order valence-electron chi connectivity index (χ0n) is 12.5. The molecule has 0 radical (unpaired) electrons. The number of nitrogens with one attached hydrogen (secondary N) is 1. The summed E-state index contributed by atoms with van der Waals surface area (Å²) in [5.74, 6) is 0.532. The maximum atomic E-state index is 11.5. The number of aliphatic hydroxyl groups excluding tert-OH is 1. The summed E-state index contributed by atoms with van der Waals surface area (Å²) in [6.07, 6.45) is 4.15. The lowest BCUT2D eigenvalue weighted by Gasteiger charge is -2.29. The van der Waals surface area contributed by atoms with E-state index in [2.05, 4.69) is 5.32 Å². The molecular formula is C15H23NO4S. The maximum Gasteiger partial charge on any atom is 0.175 e. The molecule has 1 aliphatic carbocycles. The first-order valence-electron chi connectivity index (χ1n) is 7.14. The average molecular weight is 313 g/mol. The molecule has 1 atom stereocenters. The van der Waals surface area contributed by atoms with Crippen LogP contribution >= 0.6 is 0 Å². The standard InChI is InChI=1S/C15H23NO4S/c1-15(11-17,16-12-6-7-12)8-9-20-13-4-3-5-14(10-13)21(2,18)19/h3-5,10,12,16-17H,6-9,11H2,1-2H3. The molecule has 118 valence electrons. The van der Waals surface area contributed by atoms with Crippen molar-refractivity contribution in [2.45, 2.75) is 42.7 Å². The van der Waals surface area contributed by atoms with Gasteiger partial charge in [0, 0.05) is 24.3 Å². The molecule has 1 aromatic carbocycles. The van der Waals surface area contributed by atoms with E-state index in [0.717, 1.165) is 12.8 Å². The number of rotatable bonds is 8. The smallest absolute Gasteiger partial charge is 0.175 e. The summed E-state index contributed by atoms with van der Waals surface area (Å²) in [6.45, 7) is 2.45. The molecule has 0 saturated heterocycles. The van der Waals surface area contributed by atoms with E-state index in [-0.39, 0.29) is 17.0 Å². The van der Waals surface area contributed by atoms with E-state index in [9.17, 15) is 13.5 Å². The van der Waals surface area contributed by atoms with Crippen molar-refractivity contribution in [2.24, 2.45) is 0 Å². The molecule has 6 heteroatoms. The highest BCUT2D eigenvalue weighted by molar-refractivity contribution is 7.90. The van der Waals surface area contributed by atoms with E-state index in [1.807, 2.05) is 6.92 Å². The molecule has 1 saturated carbocycles. The first-order valence-corrected chi connectivity index (χ1v) is 9.03. The molecule has 2 rings (SSSR count). The van der Waals surface area contributed by atoms with E-state index in [0.29, 0.717) is 24.8 Å². The fourth-order valence-corrected chi connectivity index (χ4v) is 2.76. The molecule has 1 unspecified atom stereocenters. The molecule has 5 nitrogen and oxygen atoms in total. The SMILES string of the molecule is CC(CO)(CCOc1cccc(S(C)(=O)=O)c1)NC1CC1. The summed E-state index contributed by atoms with van der Waals surface area (Å²) in [6, 6.07) is 6.99. The van der Waals surface area contributed by atoms with Crippen LogP contribution in [0.15, 0.2) is 29.2 Å². The van der Waals surface area contributed by atoms with Crippen LogP contribution in [0.3, 0.4) is 0 Å². The molecule has 1 fully saturated rings. The lowest BCUT2D eigenvalue weighted by molar-refractivity contribution is 0.142. The van der Waals surface area contributed by atoms with E-state index in [1.54, 1.807) is 18.2 Å². The first-order chi connectivity index (χ1) is 9.82. The van der Waals surface area contributed by atoms with Crippen LogP contribution in [0, 0.1) is 0 Å². The largest absolute Gasteiger partial charge is 0.493 e. The average Bonchev–Trinajstić information content (AvgIpc) is 3.22. The third kappa shape index (κ3) is 4.98. The number of aliphatic hydroxyl groups is 1. The summed E-state index contributed by atoms with van der Waals surface area (Å²) >= 11 is 0. The second-order valence-corrected chi connectivity index (χ2v) is 8.00. The van der Waals surface area contributed by atoms with Crippen LogP contribution in [-0.2, 0) is 9.84 Å². The monoisotopic (exact) mass is 313 g/mol. The molecule has 21 heavy (non-hydrogen) atoms. The van der Waals surface area contributed by atoms with Crippen LogP contribution in [0.5, 0.6) is 5.75 Å². The second kappa shape index (κ2) is 6.34. The van der Waals surface area contributed by atoms with Gasteiger partial charge in [-0.05, 0) is 38.0 Å². The first kappa shape index (κ1) is 16.3. The predicted octanol–water partition coefficient (Wildman–Crippen LogP) is 1.36. The number of hydrogen-bond donors (Lipinski definition) is 2. The van der Waals surface area contributed by atoms with E-state index in [4.69, 9.17) is 4.74 Å². The minimum atomic E-state index is -3.22. The van der Waals surface area contributed by atoms with Crippen molar-refractivity contribution in [2.75, 3.05) is 19.5 Å². The Morgan fingerprint density at radius 1 is 1.43 bits per heavy atom. The van der Waals surface area contributed by atoms with Gasteiger partial charge in [-0.2, -0.15) is 0 Å². The molecule has 0 aliphatic heterocycles.